The molecule has 1 atom stereocenters. The standard InChI is InChI=1S/C19H20N6O/c26-19(24-10-4-7-17(24)16-5-2-1-3-6-16)22-12-15-8-9-18(21-11-15)25-14-20-13-23-25/h1-3,5-6,8-9,11,13-14,17H,4,7,10,12H2,(H,22,26)/t17-/m0/s1. The summed E-state index contributed by atoms with van der Waals surface area (Å²) >= 11 is 0. The number of benzene rings is 1. The topological polar surface area (TPSA) is 75.9 Å². The first-order chi connectivity index (χ1) is 12.8. The van der Waals surface area contributed by atoms with Crippen molar-refractivity contribution in [3.05, 3.63) is 72.4 Å². The fourth-order valence-corrected chi connectivity index (χ4v) is 3.29. The summed E-state index contributed by atoms with van der Waals surface area (Å²) in [5.41, 5.74) is 2.14. The molecule has 1 N–H and O–H groups in total. The van der Waals surface area contributed by atoms with E-state index >= 15 is 0 Å². The van der Waals surface area contributed by atoms with Crippen molar-refractivity contribution in [2.45, 2.75) is 25.4 Å². The zero-order valence-electron chi connectivity index (χ0n) is 14.3. The van der Waals surface area contributed by atoms with Crippen molar-refractivity contribution in [2.75, 3.05) is 6.54 Å². The van der Waals surface area contributed by atoms with Crippen molar-refractivity contribution in [2.24, 2.45) is 0 Å². The number of pyridine rings is 1. The summed E-state index contributed by atoms with van der Waals surface area (Å²) in [6, 6.07) is 14.1. The molecular weight excluding hydrogens is 328 g/mol. The maximum absolute atomic E-state index is 12.6. The number of carbonyl (C=O) groups excluding carboxylic acids is 1. The van der Waals surface area contributed by atoms with Gasteiger partial charge in [-0.2, -0.15) is 5.10 Å². The molecule has 4 rings (SSSR count). The SMILES string of the molecule is O=C(NCc1ccc(-n2cncn2)nc1)N1CCC[C@H]1c1ccccc1. The Balaban J connectivity index is 1.37. The second kappa shape index (κ2) is 7.35. The van der Waals surface area contributed by atoms with Gasteiger partial charge in [0.1, 0.15) is 12.7 Å². The van der Waals surface area contributed by atoms with E-state index in [0.717, 1.165) is 24.9 Å². The Morgan fingerprint density at radius 2 is 2.08 bits per heavy atom. The number of hydrogen-bond donors (Lipinski definition) is 1. The van der Waals surface area contributed by atoms with E-state index in [4.69, 9.17) is 0 Å². The molecule has 7 heteroatoms. The van der Waals surface area contributed by atoms with Crippen LogP contribution in [0.3, 0.4) is 0 Å². The zero-order valence-corrected chi connectivity index (χ0v) is 14.3. The highest BCUT2D eigenvalue weighted by atomic mass is 16.2. The predicted octanol–water partition coefficient (Wildman–Crippen LogP) is 2.71. The van der Waals surface area contributed by atoms with Crippen molar-refractivity contribution < 1.29 is 4.79 Å². The molecule has 2 aromatic heterocycles. The summed E-state index contributed by atoms with van der Waals surface area (Å²) in [5, 5.41) is 7.05. The van der Waals surface area contributed by atoms with Gasteiger partial charge in [-0.25, -0.2) is 19.4 Å². The first-order valence-electron chi connectivity index (χ1n) is 8.70. The third-order valence-electron chi connectivity index (χ3n) is 4.60. The number of likely N-dealkylation sites (tertiary alicyclic amines) is 1. The Bertz CT molecular complexity index is 848. The summed E-state index contributed by atoms with van der Waals surface area (Å²) in [5.74, 6) is 0.696. The molecular formula is C19H20N6O. The van der Waals surface area contributed by atoms with Crippen LogP contribution in [0, 0.1) is 0 Å². The average Bonchev–Trinajstić information content (AvgIpc) is 3.39. The normalized spacial score (nSPS) is 16.6. The van der Waals surface area contributed by atoms with Gasteiger partial charge in [0.15, 0.2) is 5.82 Å². The highest BCUT2D eigenvalue weighted by Gasteiger charge is 2.29. The molecule has 0 radical (unpaired) electrons. The van der Waals surface area contributed by atoms with E-state index in [1.807, 2.05) is 35.2 Å². The Morgan fingerprint density at radius 3 is 2.81 bits per heavy atom. The number of aromatic nitrogens is 4. The van der Waals surface area contributed by atoms with E-state index in [9.17, 15) is 4.79 Å². The van der Waals surface area contributed by atoms with Crippen molar-refractivity contribution >= 4 is 6.03 Å². The van der Waals surface area contributed by atoms with Crippen LogP contribution in [-0.2, 0) is 6.54 Å². The van der Waals surface area contributed by atoms with Crippen LogP contribution in [0.5, 0.6) is 0 Å². The lowest BCUT2D eigenvalue weighted by atomic mass is 10.1. The fraction of sp³-hybridized carbons (Fsp3) is 0.263. The molecule has 3 heterocycles. The number of urea groups is 1. The quantitative estimate of drug-likeness (QED) is 0.786. The van der Waals surface area contributed by atoms with Gasteiger partial charge >= 0.3 is 6.03 Å². The Hall–Kier alpha value is -3.22. The molecule has 2 amide bonds. The van der Waals surface area contributed by atoms with Gasteiger partial charge in [0.25, 0.3) is 0 Å². The Morgan fingerprint density at radius 1 is 1.19 bits per heavy atom. The molecule has 132 valence electrons. The van der Waals surface area contributed by atoms with Crippen LogP contribution in [-0.4, -0.2) is 37.2 Å². The number of amides is 2. The van der Waals surface area contributed by atoms with Crippen molar-refractivity contribution in [3.8, 4) is 5.82 Å². The van der Waals surface area contributed by atoms with Gasteiger partial charge < -0.3 is 10.2 Å². The molecule has 0 unspecified atom stereocenters. The Kier molecular flexibility index (Phi) is 4.59. The number of nitrogens with zero attached hydrogens (tertiary/aromatic N) is 5. The molecule has 3 aromatic rings. The maximum Gasteiger partial charge on any atom is 0.318 e. The van der Waals surface area contributed by atoms with Crippen molar-refractivity contribution in [1.29, 1.82) is 0 Å². The second-order valence-electron chi connectivity index (χ2n) is 6.29. The molecule has 0 bridgehead atoms. The van der Waals surface area contributed by atoms with Gasteiger partial charge in [0.05, 0.1) is 6.04 Å². The third kappa shape index (κ3) is 3.42. The lowest BCUT2D eigenvalue weighted by Gasteiger charge is -2.25. The number of nitrogens with one attached hydrogen (secondary N) is 1. The van der Waals surface area contributed by atoms with Crippen LogP contribution in [0.1, 0.15) is 30.0 Å². The molecule has 26 heavy (non-hydrogen) atoms. The first kappa shape index (κ1) is 16.3. The van der Waals surface area contributed by atoms with E-state index in [0.29, 0.717) is 12.4 Å². The van der Waals surface area contributed by atoms with Crippen molar-refractivity contribution in [1.82, 2.24) is 30.0 Å². The molecule has 1 aliphatic rings. The minimum atomic E-state index is -0.0308. The van der Waals surface area contributed by atoms with E-state index in [1.54, 1.807) is 17.2 Å². The summed E-state index contributed by atoms with van der Waals surface area (Å²) in [7, 11) is 0. The van der Waals surface area contributed by atoms with E-state index in [-0.39, 0.29) is 12.1 Å². The Labute approximate surface area is 151 Å². The highest BCUT2D eigenvalue weighted by molar-refractivity contribution is 5.75. The average molecular weight is 348 g/mol. The first-order valence-corrected chi connectivity index (χ1v) is 8.70. The lowest BCUT2D eigenvalue weighted by molar-refractivity contribution is 0.192. The summed E-state index contributed by atoms with van der Waals surface area (Å²) in [4.78, 5) is 22.8. The van der Waals surface area contributed by atoms with Crippen LogP contribution in [0.15, 0.2) is 61.3 Å². The van der Waals surface area contributed by atoms with Gasteiger partial charge in [0.2, 0.25) is 0 Å². The molecule has 1 aliphatic heterocycles. The van der Waals surface area contributed by atoms with E-state index in [1.165, 1.54) is 11.9 Å². The number of rotatable bonds is 4. The van der Waals surface area contributed by atoms with Crippen LogP contribution >= 0.6 is 0 Å². The van der Waals surface area contributed by atoms with Crippen molar-refractivity contribution in [3.63, 3.8) is 0 Å². The smallest absolute Gasteiger partial charge is 0.318 e. The summed E-state index contributed by atoms with van der Waals surface area (Å²) in [6.45, 7) is 1.23. The zero-order chi connectivity index (χ0) is 17.8. The predicted molar refractivity (Wildman–Crippen MR) is 96.5 cm³/mol. The maximum atomic E-state index is 12.6. The molecule has 0 aliphatic carbocycles. The lowest BCUT2D eigenvalue weighted by Crippen LogP contribution is -2.39. The molecule has 7 nitrogen and oxygen atoms in total. The number of carbonyl (C=O) groups is 1. The van der Waals surface area contributed by atoms with E-state index < -0.39 is 0 Å². The third-order valence-corrected chi connectivity index (χ3v) is 4.60. The number of hydrogen-bond acceptors (Lipinski definition) is 4. The van der Waals surface area contributed by atoms with Crippen LogP contribution < -0.4 is 5.32 Å². The molecule has 1 fully saturated rings. The van der Waals surface area contributed by atoms with Crippen LogP contribution in [0.2, 0.25) is 0 Å². The van der Waals surface area contributed by atoms with Gasteiger partial charge in [-0.1, -0.05) is 36.4 Å². The van der Waals surface area contributed by atoms with Gasteiger partial charge in [-0.05, 0) is 30.0 Å². The minimum absolute atomic E-state index is 0.0308. The van der Waals surface area contributed by atoms with E-state index in [2.05, 4.69) is 32.5 Å². The second-order valence-corrected chi connectivity index (χ2v) is 6.29. The van der Waals surface area contributed by atoms with Crippen LogP contribution in [0.25, 0.3) is 5.82 Å². The van der Waals surface area contributed by atoms with Gasteiger partial charge in [-0.15, -0.1) is 0 Å². The minimum Gasteiger partial charge on any atom is -0.334 e. The van der Waals surface area contributed by atoms with Gasteiger partial charge in [-0.3, -0.25) is 0 Å². The fourth-order valence-electron chi connectivity index (χ4n) is 3.29. The molecule has 1 aromatic carbocycles. The summed E-state index contributed by atoms with van der Waals surface area (Å²) < 4.78 is 1.59. The molecule has 1 saturated heterocycles. The highest BCUT2D eigenvalue weighted by Crippen LogP contribution is 2.31. The molecule has 0 spiro atoms. The largest absolute Gasteiger partial charge is 0.334 e. The van der Waals surface area contributed by atoms with Crippen LogP contribution in [0.4, 0.5) is 4.79 Å². The summed E-state index contributed by atoms with van der Waals surface area (Å²) in [6.07, 6.45) is 6.85. The monoisotopic (exact) mass is 348 g/mol. The van der Waals surface area contributed by atoms with Gasteiger partial charge in [0, 0.05) is 19.3 Å². The molecule has 0 saturated carbocycles.